The van der Waals surface area contributed by atoms with Crippen molar-refractivity contribution >= 4 is 0 Å². The van der Waals surface area contributed by atoms with Gasteiger partial charge in [0.15, 0.2) is 0 Å². The van der Waals surface area contributed by atoms with E-state index in [2.05, 4.69) is 43.4 Å². The predicted octanol–water partition coefficient (Wildman–Crippen LogP) is 4.14. The first-order valence-electron chi connectivity index (χ1n) is 8.06. The van der Waals surface area contributed by atoms with Crippen LogP contribution in [-0.4, -0.2) is 20.2 Å². The summed E-state index contributed by atoms with van der Waals surface area (Å²) in [6.07, 6.45) is 6.38. The zero-order chi connectivity index (χ0) is 14.4. The van der Waals surface area contributed by atoms with Gasteiger partial charge in [-0.15, -0.1) is 0 Å². The second-order valence-corrected chi connectivity index (χ2v) is 6.34. The van der Waals surface area contributed by atoms with Gasteiger partial charge in [0.2, 0.25) is 0 Å². The van der Waals surface area contributed by atoms with Crippen LogP contribution in [0.4, 0.5) is 0 Å². The first kappa shape index (κ1) is 15.4. The molecule has 0 heterocycles. The van der Waals surface area contributed by atoms with Gasteiger partial charge in [-0.3, -0.25) is 0 Å². The number of benzene rings is 1. The van der Waals surface area contributed by atoms with Crippen molar-refractivity contribution in [1.29, 1.82) is 0 Å². The minimum absolute atomic E-state index is 0.258. The predicted molar refractivity (Wildman–Crippen MR) is 85.5 cm³/mol. The molecule has 1 fully saturated rings. The number of hydrogen-bond donors (Lipinski definition) is 1. The summed E-state index contributed by atoms with van der Waals surface area (Å²) in [6.45, 7) is 6.79. The maximum Gasteiger partial charge on any atom is 0.122 e. The zero-order valence-electron chi connectivity index (χ0n) is 13.2. The Morgan fingerprint density at radius 3 is 2.60 bits per heavy atom. The van der Waals surface area contributed by atoms with E-state index in [1.54, 1.807) is 7.11 Å². The molecule has 1 aliphatic rings. The fourth-order valence-corrected chi connectivity index (χ4v) is 3.44. The summed E-state index contributed by atoms with van der Waals surface area (Å²) >= 11 is 0. The van der Waals surface area contributed by atoms with Gasteiger partial charge in [0.1, 0.15) is 5.75 Å². The van der Waals surface area contributed by atoms with Crippen molar-refractivity contribution in [2.75, 3.05) is 20.2 Å². The molecule has 1 aromatic carbocycles. The van der Waals surface area contributed by atoms with Crippen LogP contribution in [0.5, 0.6) is 5.75 Å². The Hall–Kier alpha value is -1.02. The van der Waals surface area contributed by atoms with Crippen LogP contribution in [0.3, 0.4) is 0 Å². The van der Waals surface area contributed by atoms with E-state index < -0.39 is 0 Å². The second-order valence-electron chi connectivity index (χ2n) is 6.34. The molecule has 0 spiro atoms. The van der Waals surface area contributed by atoms with E-state index >= 15 is 0 Å². The number of methoxy groups -OCH3 is 1. The molecule has 1 saturated carbocycles. The van der Waals surface area contributed by atoms with Crippen LogP contribution in [0.1, 0.15) is 51.5 Å². The van der Waals surface area contributed by atoms with E-state index in [1.165, 1.54) is 37.7 Å². The summed E-state index contributed by atoms with van der Waals surface area (Å²) in [5.41, 5.74) is 1.66. The Balaban J connectivity index is 2.25. The number of para-hydroxylation sites is 1. The molecule has 0 aliphatic heterocycles. The lowest BCUT2D eigenvalue weighted by molar-refractivity contribution is 0.228. The van der Waals surface area contributed by atoms with Crippen molar-refractivity contribution in [2.24, 2.45) is 5.92 Å². The smallest absolute Gasteiger partial charge is 0.122 e. The van der Waals surface area contributed by atoms with Crippen molar-refractivity contribution < 1.29 is 4.74 Å². The molecule has 2 nitrogen and oxygen atoms in total. The van der Waals surface area contributed by atoms with E-state index in [1.807, 2.05) is 0 Å². The molecule has 2 heteroatoms. The number of ether oxygens (including phenoxy) is 1. The van der Waals surface area contributed by atoms with E-state index in [4.69, 9.17) is 4.74 Å². The van der Waals surface area contributed by atoms with Crippen LogP contribution < -0.4 is 10.1 Å². The summed E-state index contributed by atoms with van der Waals surface area (Å²) < 4.78 is 5.63. The van der Waals surface area contributed by atoms with Gasteiger partial charge in [0.05, 0.1) is 7.11 Å². The number of hydrogen-bond acceptors (Lipinski definition) is 2. The van der Waals surface area contributed by atoms with E-state index in [0.29, 0.717) is 0 Å². The van der Waals surface area contributed by atoms with Crippen molar-refractivity contribution in [3.63, 3.8) is 0 Å². The molecule has 20 heavy (non-hydrogen) atoms. The van der Waals surface area contributed by atoms with Crippen LogP contribution in [0, 0.1) is 5.92 Å². The van der Waals surface area contributed by atoms with Crippen LogP contribution in [0.25, 0.3) is 0 Å². The Bertz CT molecular complexity index is 408. The monoisotopic (exact) mass is 275 g/mol. The van der Waals surface area contributed by atoms with Gasteiger partial charge in [-0.25, -0.2) is 0 Å². The summed E-state index contributed by atoms with van der Waals surface area (Å²) in [6, 6.07) is 8.59. The molecule has 0 atom stereocenters. The summed E-state index contributed by atoms with van der Waals surface area (Å²) in [7, 11) is 1.79. The Labute approximate surface area is 123 Å². The van der Waals surface area contributed by atoms with Gasteiger partial charge in [-0.1, -0.05) is 32.0 Å². The van der Waals surface area contributed by atoms with Gasteiger partial charge >= 0.3 is 0 Å². The summed E-state index contributed by atoms with van der Waals surface area (Å²) in [4.78, 5) is 0. The van der Waals surface area contributed by atoms with Crippen LogP contribution in [0.15, 0.2) is 24.3 Å². The Morgan fingerprint density at radius 1 is 1.25 bits per heavy atom. The molecule has 1 aliphatic carbocycles. The topological polar surface area (TPSA) is 21.3 Å². The average Bonchev–Trinajstić information content (AvgIpc) is 2.50. The van der Waals surface area contributed by atoms with Crippen LogP contribution >= 0.6 is 0 Å². The zero-order valence-corrected chi connectivity index (χ0v) is 13.2. The van der Waals surface area contributed by atoms with Gasteiger partial charge in [0.25, 0.3) is 0 Å². The fourth-order valence-electron chi connectivity index (χ4n) is 3.44. The van der Waals surface area contributed by atoms with E-state index in [0.717, 1.165) is 24.8 Å². The summed E-state index contributed by atoms with van der Waals surface area (Å²) in [5.74, 6) is 1.92. The quantitative estimate of drug-likeness (QED) is 0.788. The van der Waals surface area contributed by atoms with Crippen molar-refractivity contribution in [1.82, 2.24) is 5.32 Å². The highest BCUT2D eigenvalue weighted by Gasteiger charge is 2.37. The molecule has 1 aromatic rings. The van der Waals surface area contributed by atoms with Crippen molar-refractivity contribution in [3.05, 3.63) is 29.8 Å². The van der Waals surface area contributed by atoms with Crippen LogP contribution in [0.2, 0.25) is 0 Å². The lowest BCUT2D eigenvalue weighted by atomic mass is 9.66. The first-order chi connectivity index (χ1) is 9.72. The van der Waals surface area contributed by atoms with E-state index in [-0.39, 0.29) is 5.41 Å². The lowest BCUT2D eigenvalue weighted by Gasteiger charge is -2.41. The Morgan fingerprint density at radius 2 is 1.95 bits per heavy atom. The molecule has 0 saturated heterocycles. The average molecular weight is 275 g/mol. The third-order valence-electron chi connectivity index (χ3n) is 4.80. The first-order valence-corrected chi connectivity index (χ1v) is 8.06. The maximum absolute atomic E-state index is 5.63. The normalized spacial score (nSPS) is 26.4. The second kappa shape index (κ2) is 7.12. The molecule has 0 amide bonds. The molecule has 112 valence electrons. The molecule has 0 radical (unpaired) electrons. The Kier molecular flexibility index (Phi) is 5.47. The third-order valence-corrected chi connectivity index (χ3v) is 4.80. The minimum Gasteiger partial charge on any atom is -0.496 e. The van der Waals surface area contributed by atoms with Gasteiger partial charge < -0.3 is 10.1 Å². The molecular weight excluding hydrogens is 246 g/mol. The highest BCUT2D eigenvalue weighted by molar-refractivity contribution is 5.40. The third kappa shape index (κ3) is 3.35. The molecule has 1 N–H and O–H groups in total. The molecule has 0 unspecified atom stereocenters. The fraction of sp³-hybridized carbons (Fsp3) is 0.667. The lowest BCUT2D eigenvalue weighted by Crippen LogP contribution is -2.41. The van der Waals surface area contributed by atoms with Crippen molar-refractivity contribution in [3.8, 4) is 5.75 Å². The maximum atomic E-state index is 5.63. The van der Waals surface area contributed by atoms with Gasteiger partial charge in [-0.05, 0) is 50.6 Å². The van der Waals surface area contributed by atoms with Crippen molar-refractivity contribution in [2.45, 2.75) is 51.4 Å². The molecule has 2 rings (SSSR count). The number of nitrogens with one attached hydrogen (secondary N) is 1. The van der Waals surface area contributed by atoms with Gasteiger partial charge in [-0.2, -0.15) is 0 Å². The van der Waals surface area contributed by atoms with E-state index in [9.17, 15) is 0 Å². The highest BCUT2D eigenvalue weighted by Crippen LogP contribution is 2.44. The molecular formula is C18H29NO. The van der Waals surface area contributed by atoms with Crippen LogP contribution in [-0.2, 0) is 5.41 Å². The SMILES string of the molecule is CCCNCC1(c2ccccc2OC)CCC(C)CC1. The molecule has 0 aromatic heterocycles. The number of rotatable bonds is 6. The molecule has 0 bridgehead atoms. The highest BCUT2D eigenvalue weighted by atomic mass is 16.5. The standard InChI is InChI=1S/C18H29NO/c1-4-13-19-14-18(11-9-15(2)10-12-18)16-7-5-6-8-17(16)20-3/h5-8,15,19H,4,9-14H2,1-3H3. The summed E-state index contributed by atoms with van der Waals surface area (Å²) in [5, 5.41) is 3.65. The van der Waals surface area contributed by atoms with Gasteiger partial charge in [0, 0.05) is 17.5 Å². The largest absolute Gasteiger partial charge is 0.496 e. The minimum atomic E-state index is 0.258.